The molecule has 1 aromatic rings. The maximum atomic E-state index is 5.95. The number of thioether (sulfide) groups is 1. The van der Waals surface area contributed by atoms with Gasteiger partial charge in [-0.1, -0.05) is 20.3 Å². The maximum Gasteiger partial charge on any atom is 0.120 e. The first-order valence-corrected chi connectivity index (χ1v) is 6.74. The lowest BCUT2D eigenvalue weighted by Crippen LogP contribution is -1.98. The lowest BCUT2D eigenvalue weighted by atomic mass is 10.3. The van der Waals surface area contributed by atoms with Crippen molar-refractivity contribution in [3.8, 4) is 5.75 Å². The van der Waals surface area contributed by atoms with Crippen LogP contribution in [-0.4, -0.2) is 11.9 Å². The summed E-state index contributed by atoms with van der Waals surface area (Å²) in [4.78, 5) is 1.13. The molecule has 0 heterocycles. The minimum atomic E-state index is 0.601. The first kappa shape index (κ1) is 13.2. The summed E-state index contributed by atoms with van der Waals surface area (Å²) < 4.78 is 5.47. The van der Waals surface area contributed by atoms with Crippen LogP contribution in [0.25, 0.3) is 0 Å². The van der Waals surface area contributed by atoms with Crippen molar-refractivity contribution in [1.82, 2.24) is 0 Å². The highest BCUT2D eigenvalue weighted by molar-refractivity contribution is 8.00. The van der Waals surface area contributed by atoms with Crippen LogP contribution in [0.2, 0.25) is 0 Å². The van der Waals surface area contributed by atoms with Crippen LogP contribution in [0.15, 0.2) is 23.1 Å². The van der Waals surface area contributed by atoms with Crippen molar-refractivity contribution in [2.24, 2.45) is 0 Å². The number of hydrogen-bond acceptors (Lipinski definition) is 3. The van der Waals surface area contributed by atoms with Gasteiger partial charge >= 0.3 is 0 Å². The van der Waals surface area contributed by atoms with Crippen molar-refractivity contribution in [2.75, 3.05) is 12.3 Å². The molecule has 1 rings (SSSR count). The summed E-state index contributed by atoms with van der Waals surface area (Å²) in [6, 6.07) is 5.88. The third-order valence-electron chi connectivity index (χ3n) is 2.32. The Balaban J connectivity index is 2.73. The summed E-state index contributed by atoms with van der Waals surface area (Å²) in [5.41, 5.74) is 6.80. The second-order valence-electron chi connectivity index (χ2n) is 3.85. The third kappa shape index (κ3) is 3.97. The topological polar surface area (TPSA) is 35.2 Å². The van der Waals surface area contributed by atoms with E-state index in [2.05, 4.69) is 13.8 Å². The molecule has 0 aliphatic heterocycles. The van der Waals surface area contributed by atoms with E-state index in [1.165, 1.54) is 12.8 Å². The highest BCUT2D eigenvalue weighted by atomic mass is 32.2. The molecule has 90 valence electrons. The van der Waals surface area contributed by atoms with Gasteiger partial charge in [0.25, 0.3) is 0 Å². The van der Waals surface area contributed by atoms with Crippen molar-refractivity contribution in [3.63, 3.8) is 0 Å². The number of benzene rings is 1. The molecule has 0 aromatic heterocycles. The van der Waals surface area contributed by atoms with Crippen molar-refractivity contribution in [3.05, 3.63) is 18.2 Å². The van der Waals surface area contributed by atoms with Crippen molar-refractivity contribution in [2.45, 2.75) is 43.8 Å². The van der Waals surface area contributed by atoms with Gasteiger partial charge in [0.1, 0.15) is 5.75 Å². The number of nitrogens with two attached hydrogens (primary N) is 1. The summed E-state index contributed by atoms with van der Waals surface area (Å²) in [6.07, 6.45) is 2.42. The Morgan fingerprint density at radius 3 is 2.75 bits per heavy atom. The molecular formula is C13H21NOS. The molecule has 0 bridgehead atoms. The highest BCUT2D eigenvalue weighted by Gasteiger charge is 2.07. The Morgan fingerprint density at radius 2 is 2.12 bits per heavy atom. The van der Waals surface area contributed by atoms with E-state index >= 15 is 0 Å². The smallest absolute Gasteiger partial charge is 0.120 e. The molecule has 3 heteroatoms. The molecule has 0 amide bonds. The van der Waals surface area contributed by atoms with E-state index in [0.717, 1.165) is 16.3 Å². The van der Waals surface area contributed by atoms with Crippen LogP contribution >= 0.6 is 11.8 Å². The first-order chi connectivity index (χ1) is 7.67. The van der Waals surface area contributed by atoms with Gasteiger partial charge in [0, 0.05) is 15.8 Å². The average Bonchev–Trinajstić information content (AvgIpc) is 2.24. The van der Waals surface area contributed by atoms with E-state index in [9.17, 15) is 0 Å². The molecule has 0 saturated carbocycles. The number of rotatable bonds is 6. The van der Waals surface area contributed by atoms with E-state index in [0.29, 0.717) is 11.9 Å². The zero-order chi connectivity index (χ0) is 12.0. The summed E-state index contributed by atoms with van der Waals surface area (Å²) in [5.74, 6) is 0.905. The van der Waals surface area contributed by atoms with Crippen LogP contribution in [0, 0.1) is 0 Å². The van der Waals surface area contributed by atoms with Gasteiger partial charge in [0.15, 0.2) is 0 Å². The molecule has 1 unspecified atom stereocenters. The molecule has 0 aliphatic rings. The van der Waals surface area contributed by atoms with E-state index in [4.69, 9.17) is 10.5 Å². The number of anilines is 1. The highest BCUT2D eigenvalue weighted by Crippen LogP contribution is 2.33. The number of hydrogen-bond donors (Lipinski definition) is 1. The summed E-state index contributed by atoms with van der Waals surface area (Å²) in [7, 11) is 0. The van der Waals surface area contributed by atoms with E-state index < -0.39 is 0 Å². The molecule has 0 saturated heterocycles. The Labute approximate surface area is 103 Å². The van der Waals surface area contributed by atoms with Gasteiger partial charge in [-0.2, -0.15) is 0 Å². The fraction of sp³-hybridized carbons (Fsp3) is 0.538. The molecule has 1 atom stereocenters. The van der Waals surface area contributed by atoms with Crippen molar-refractivity contribution < 1.29 is 4.74 Å². The van der Waals surface area contributed by atoms with E-state index in [-0.39, 0.29) is 0 Å². The second-order valence-corrected chi connectivity index (χ2v) is 5.33. The Morgan fingerprint density at radius 1 is 1.38 bits per heavy atom. The zero-order valence-corrected chi connectivity index (χ0v) is 11.1. The average molecular weight is 239 g/mol. The minimum absolute atomic E-state index is 0.601. The van der Waals surface area contributed by atoms with Gasteiger partial charge in [-0.15, -0.1) is 11.8 Å². The molecule has 2 N–H and O–H groups in total. The molecule has 0 aliphatic carbocycles. The van der Waals surface area contributed by atoms with Crippen LogP contribution in [0.4, 0.5) is 5.69 Å². The number of nitrogen functional groups attached to an aromatic ring is 1. The fourth-order valence-corrected chi connectivity index (χ4v) is 2.73. The largest absolute Gasteiger partial charge is 0.494 e. The quantitative estimate of drug-likeness (QED) is 0.603. The SMILES string of the molecule is CCCC(C)Sc1cc(OCC)ccc1N. The standard InChI is InChI=1S/C13H21NOS/c1-4-6-10(3)16-13-9-11(15-5-2)7-8-12(13)14/h7-10H,4-6,14H2,1-3H3. The molecule has 0 radical (unpaired) electrons. The van der Waals surface area contributed by atoms with E-state index in [1.807, 2.05) is 36.9 Å². The number of ether oxygens (including phenoxy) is 1. The van der Waals surface area contributed by atoms with Crippen molar-refractivity contribution in [1.29, 1.82) is 0 Å². The maximum absolute atomic E-state index is 5.95. The van der Waals surface area contributed by atoms with Crippen LogP contribution in [0.3, 0.4) is 0 Å². The Kier molecular flexibility index (Phi) is 5.53. The fourth-order valence-electron chi connectivity index (χ4n) is 1.56. The zero-order valence-electron chi connectivity index (χ0n) is 10.3. The Bertz CT molecular complexity index is 328. The lowest BCUT2D eigenvalue weighted by molar-refractivity contribution is 0.339. The molecule has 0 fully saturated rings. The van der Waals surface area contributed by atoms with Crippen LogP contribution in [-0.2, 0) is 0 Å². The Hall–Kier alpha value is -0.830. The molecule has 16 heavy (non-hydrogen) atoms. The van der Waals surface area contributed by atoms with Crippen LogP contribution < -0.4 is 10.5 Å². The van der Waals surface area contributed by atoms with Gasteiger partial charge in [0.05, 0.1) is 6.61 Å². The normalized spacial score (nSPS) is 12.4. The van der Waals surface area contributed by atoms with Gasteiger partial charge in [-0.25, -0.2) is 0 Å². The monoisotopic (exact) mass is 239 g/mol. The minimum Gasteiger partial charge on any atom is -0.494 e. The summed E-state index contributed by atoms with van der Waals surface area (Å²) in [5, 5.41) is 0.601. The van der Waals surface area contributed by atoms with Crippen LogP contribution in [0.1, 0.15) is 33.6 Å². The summed E-state index contributed by atoms with van der Waals surface area (Å²) >= 11 is 1.83. The van der Waals surface area contributed by atoms with Gasteiger partial charge in [-0.05, 0) is 31.5 Å². The molecule has 1 aromatic carbocycles. The molecular weight excluding hydrogens is 218 g/mol. The van der Waals surface area contributed by atoms with Crippen LogP contribution in [0.5, 0.6) is 5.75 Å². The van der Waals surface area contributed by atoms with Crippen molar-refractivity contribution >= 4 is 17.4 Å². The first-order valence-electron chi connectivity index (χ1n) is 5.86. The predicted octanol–water partition coefficient (Wildman–Crippen LogP) is 3.95. The lowest BCUT2D eigenvalue weighted by Gasteiger charge is -2.13. The third-order valence-corrected chi connectivity index (χ3v) is 3.56. The van der Waals surface area contributed by atoms with Gasteiger partial charge in [0.2, 0.25) is 0 Å². The predicted molar refractivity (Wildman–Crippen MR) is 72.3 cm³/mol. The molecule has 0 spiro atoms. The second kappa shape index (κ2) is 6.69. The van der Waals surface area contributed by atoms with Gasteiger partial charge in [-0.3, -0.25) is 0 Å². The van der Waals surface area contributed by atoms with Gasteiger partial charge < -0.3 is 10.5 Å². The molecule has 2 nitrogen and oxygen atoms in total. The summed E-state index contributed by atoms with van der Waals surface area (Å²) in [6.45, 7) is 7.12. The van der Waals surface area contributed by atoms with E-state index in [1.54, 1.807) is 0 Å².